The average Bonchev–Trinajstić information content (AvgIpc) is 2.51. The number of rotatable bonds is 4. The quantitative estimate of drug-likeness (QED) is 0.850. The molecule has 1 amide bonds. The number of amides is 1. The molecule has 0 atom stereocenters. The lowest BCUT2D eigenvalue weighted by molar-refractivity contribution is 0.0955. The normalized spacial score (nSPS) is 10.9. The van der Waals surface area contributed by atoms with Crippen molar-refractivity contribution in [2.24, 2.45) is 0 Å². The first kappa shape index (κ1) is 16.2. The van der Waals surface area contributed by atoms with Gasteiger partial charge in [0.25, 0.3) is 5.91 Å². The zero-order valence-corrected chi connectivity index (χ0v) is 13.0. The van der Waals surface area contributed by atoms with E-state index in [1.807, 2.05) is 30.3 Å². The molecule has 1 heterocycles. The van der Waals surface area contributed by atoms with Crippen LogP contribution in [0.3, 0.4) is 0 Å². The van der Waals surface area contributed by atoms with Gasteiger partial charge in [-0.2, -0.15) is 5.26 Å². The van der Waals surface area contributed by atoms with Crippen LogP contribution in [0.25, 0.3) is 6.08 Å². The lowest BCUT2D eigenvalue weighted by atomic mass is 10.1. The van der Waals surface area contributed by atoms with Crippen LogP contribution in [0.15, 0.2) is 46.8 Å². The van der Waals surface area contributed by atoms with Gasteiger partial charge in [0.2, 0.25) is 0 Å². The van der Waals surface area contributed by atoms with Gasteiger partial charge in [-0.3, -0.25) is 9.59 Å². The van der Waals surface area contributed by atoms with Crippen molar-refractivity contribution in [3.05, 3.63) is 74.7 Å². The summed E-state index contributed by atoms with van der Waals surface area (Å²) in [5.74, 6) is -0.488. The van der Waals surface area contributed by atoms with Gasteiger partial charge in [-0.1, -0.05) is 30.3 Å². The Balaban J connectivity index is 2.14. The second-order valence-corrected chi connectivity index (χ2v) is 5.19. The van der Waals surface area contributed by atoms with Crippen molar-refractivity contribution in [2.75, 3.05) is 6.54 Å². The molecule has 0 saturated carbocycles. The molecule has 1 aromatic heterocycles. The third-order valence-electron chi connectivity index (χ3n) is 3.30. The van der Waals surface area contributed by atoms with E-state index < -0.39 is 5.91 Å². The number of aromatic nitrogens is 1. The molecule has 0 aliphatic heterocycles. The highest BCUT2D eigenvalue weighted by Gasteiger charge is 2.14. The van der Waals surface area contributed by atoms with Gasteiger partial charge in [0, 0.05) is 23.0 Å². The molecule has 23 heavy (non-hydrogen) atoms. The smallest absolute Gasteiger partial charge is 0.257 e. The van der Waals surface area contributed by atoms with Crippen molar-refractivity contribution in [3.63, 3.8) is 0 Å². The van der Waals surface area contributed by atoms with E-state index in [9.17, 15) is 14.9 Å². The van der Waals surface area contributed by atoms with Crippen LogP contribution in [0.5, 0.6) is 0 Å². The Labute approximate surface area is 134 Å². The number of carbonyl (C=O) groups excluding carboxylic acids is 1. The molecule has 0 bridgehead atoms. The minimum atomic E-state index is -0.488. The fourth-order valence-electron chi connectivity index (χ4n) is 2.27. The maximum atomic E-state index is 12.2. The van der Waals surface area contributed by atoms with Crippen LogP contribution in [0.1, 0.15) is 27.3 Å². The van der Waals surface area contributed by atoms with Crippen LogP contribution in [-0.2, 0) is 0 Å². The van der Waals surface area contributed by atoms with E-state index in [4.69, 9.17) is 0 Å². The van der Waals surface area contributed by atoms with E-state index in [-0.39, 0.29) is 17.5 Å². The fourth-order valence-corrected chi connectivity index (χ4v) is 2.27. The molecular weight excluding hydrogens is 290 g/mol. The Kier molecular flexibility index (Phi) is 5.11. The van der Waals surface area contributed by atoms with E-state index in [0.717, 1.165) is 5.56 Å². The summed E-state index contributed by atoms with van der Waals surface area (Å²) in [7, 11) is 0. The second-order valence-electron chi connectivity index (χ2n) is 5.19. The molecule has 2 N–H and O–H groups in total. The van der Waals surface area contributed by atoms with Crippen LogP contribution < -0.4 is 10.7 Å². The summed E-state index contributed by atoms with van der Waals surface area (Å²) in [6, 6.07) is 12.8. The number of H-pyrrole nitrogens is 1. The molecule has 0 aliphatic carbocycles. The topological polar surface area (TPSA) is 85.8 Å². The highest BCUT2D eigenvalue weighted by Crippen LogP contribution is 2.06. The fraction of sp³-hybridized carbons (Fsp3) is 0.167. The number of nitriles is 1. The third kappa shape index (κ3) is 4.17. The summed E-state index contributed by atoms with van der Waals surface area (Å²) in [5.41, 5.74) is 2.24. The molecule has 1 aromatic carbocycles. The number of nitrogens with one attached hydrogen (secondary N) is 2. The summed E-state index contributed by atoms with van der Waals surface area (Å²) in [4.78, 5) is 27.1. The third-order valence-corrected chi connectivity index (χ3v) is 3.30. The minimum absolute atomic E-state index is 0.0665. The average molecular weight is 307 g/mol. The second kappa shape index (κ2) is 7.23. The van der Waals surface area contributed by atoms with Crippen LogP contribution in [0, 0.1) is 25.2 Å². The molecule has 0 spiro atoms. The molecule has 0 aliphatic rings. The molecule has 0 saturated heterocycles. The maximum absolute atomic E-state index is 12.2. The molecule has 0 radical (unpaired) electrons. The Bertz CT molecular complexity index is 843. The number of benzene rings is 1. The Hall–Kier alpha value is -3.13. The van der Waals surface area contributed by atoms with Gasteiger partial charge in [0.05, 0.1) is 12.6 Å². The SMILES string of the molecule is Cc1cc(=O)c(C(=O)NC/C(C#N)=C\c2ccccc2)c(C)[nH]1. The van der Waals surface area contributed by atoms with Gasteiger partial charge in [-0.15, -0.1) is 0 Å². The van der Waals surface area contributed by atoms with Crippen molar-refractivity contribution in [1.82, 2.24) is 10.3 Å². The van der Waals surface area contributed by atoms with Crippen molar-refractivity contribution >= 4 is 12.0 Å². The number of hydrogen-bond acceptors (Lipinski definition) is 3. The molecular formula is C18H17N3O2. The predicted molar refractivity (Wildman–Crippen MR) is 88.9 cm³/mol. The van der Waals surface area contributed by atoms with Gasteiger partial charge >= 0.3 is 0 Å². The summed E-state index contributed by atoms with van der Waals surface area (Å²) in [6.45, 7) is 3.50. The summed E-state index contributed by atoms with van der Waals surface area (Å²) < 4.78 is 0. The monoisotopic (exact) mass is 307 g/mol. The van der Waals surface area contributed by atoms with Gasteiger partial charge in [0.15, 0.2) is 5.43 Å². The standard InChI is InChI=1S/C18H17N3O2/c1-12-8-16(22)17(13(2)21-12)18(23)20-11-15(10-19)9-14-6-4-3-5-7-14/h3-9H,11H2,1-2H3,(H,20,23)(H,21,22)/b15-9-. The molecule has 2 rings (SSSR count). The van der Waals surface area contributed by atoms with Crippen molar-refractivity contribution < 1.29 is 4.79 Å². The van der Waals surface area contributed by atoms with E-state index in [1.54, 1.807) is 19.9 Å². The van der Waals surface area contributed by atoms with Crippen LogP contribution in [-0.4, -0.2) is 17.4 Å². The predicted octanol–water partition coefficient (Wildman–Crippen LogP) is 2.33. The minimum Gasteiger partial charge on any atom is -0.362 e. The number of pyridine rings is 1. The number of aryl methyl sites for hydroxylation is 2. The molecule has 116 valence electrons. The molecule has 0 unspecified atom stereocenters. The van der Waals surface area contributed by atoms with Gasteiger partial charge < -0.3 is 10.3 Å². The summed E-state index contributed by atoms with van der Waals surface area (Å²) in [5, 5.41) is 11.8. The van der Waals surface area contributed by atoms with Gasteiger partial charge in [-0.25, -0.2) is 0 Å². The Morgan fingerprint density at radius 1 is 1.30 bits per heavy atom. The van der Waals surface area contributed by atoms with Crippen molar-refractivity contribution in [3.8, 4) is 6.07 Å². The lowest BCUT2D eigenvalue weighted by Crippen LogP contribution is -2.31. The van der Waals surface area contributed by atoms with Crippen LogP contribution in [0.2, 0.25) is 0 Å². The molecule has 0 fully saturated rings. The number of aromatic amines is 1. The zero-order chi connectivity index (χ0) is 16.8. The van der Waals surface area contributed by atoms with E-state index in [2.05, 4.69) is 16.4 Å². The van der Waals surface area contributed by atoms with Crippen LogP contribution in [0.4, 0.5) is 0 Å². The van der Waals surface area contributed by atoms with Crippen LogP contribution >= 0.6 is 0 Å². The first-order valence-electron chi connectivity index (χ1n) is 7.15. The van der Waals surface area contributed by atoms with Crippen molar-refractivity contribution in [1.29, 1.82) is 5.26 Å². The van der Waals surface area contributed by atoms with E-state index >= 15 is 0 Å². The Morgan fingerprint density at radius 2 is 2.00 bits per heavy atom. The van der Waals surface area contributed by atoms with Gasteiger partial charge in [0.1, 0.15) is 5.56 Å². The first-order chi connectivity index (χ1) is 11.0. The largest absolute Gasteiger partial charge is 0.362 e. The number of hydrogen-bond donors (Lipinski definition) is 2. The van der Waals surface area contributed by atoms with E-state index in [0.29, 0.717) is 17.0 Å². The molecule has 5 nitrogen and oxygen atoms in total. The van der Waals surface area contributed by atoms with Crippen molar-refractivity contribution in [2.45, 2.75) is 13.8 Å². The van der Waals surface area contributed by atoms with Gasteiger partial charge in [-0.05, 0) is 25.5 Å². The lowest BCUT2D eigenvalue weighted by Gasteiger charge is -2.07. The zero-order valence-electron chi connectivity index (χ0n) is 13.0. The highest BCUT2D eigenvalue weighted by molar-refractivity contribution is 5.95. The number of carbonyl (C=O) groups is 1. The molecule has 5 heteroatoms. The number of nitrogens with zero attached hydrogens (tertiary/aromatic N) is 1. The maximum Gasteiger partial charge on any atom is 0.257 e. The Morgan fingerprint density at radius 3 is 2.61 bits per heavy atom. The molecule has 2 aromatic rings. The summed E-state index contributed by atoms with van der Waals surface area (Å²) in [6.07, 6.45) is 1.70. The highest BCUT2D eigenvalue weighted by atomic mass is 16.2. The van der Waals surface area contributed by atoms with E-state index in [1.165, 1.54) is 6.07 Å². The first-order valence-corrected chi connectivity index (χ1v) is 7.15. The summed E-state index contributed by atoms with van der Waals surface area (Å²) >= 11 is 0.